The zero-order valence-corrected chi connectivity index (χ0v) is 11.6. The highest BCUT2D eigenvalue weighted by Gasteiger charge is 2.24. The summed E-state index contributed by atoms with van der Waals surface area (Å²) in [6, 6.07) is 1.47. The molecule has 1 aliphatic rings. The third-order valence-electron chi connectivity index (χ3n) is 3.87. The molecule has 0 aromatic rings. The first-order valence-corrected chi connectivity index (χ1v) is 7.14. The van der Waals surface area contributed by atoms with Gasteiger partial charge in [-0.3, -0.25) is 0 Å². The third kappa shape index (κ3) is 4.42. The first kappa shape index (κ1) is 14.0. The molecule has 1 aliphatic heterocycles. The molecule has 0 saturated carbocycles. The Kier molecular flexibility index (Phi) is 6.37. The molecule has 0 bridgehead atoms. The van der Waals surface area contributed by atoms with E-state index < -0.39 is 0 Å². The van der Waals surface area contributed by atoms with E-state index in [0.29, 0.717) is 0 Å². The van der Waals surface area contributed by atoms with Crippen molar-refractivity contribution >= 4 is 0 Å². The molecule has 1 saturated heterocycles. The summed E-state index contributed by atoms with van der Waals surface area (Å²) in [4.78, 5) is 2.60. The van der Waals surface area contributed by atoms with E-state index in [1.165, 1.54) is 45.3 Å². The molecule has 0 spiro atoms. The van der Waals surface area contributed by atoms with Crippen molar-refractivity contribution in [3.8, 4) is 0 Å². The van der Waals surface area contributed by atoms with Gasteiger partial charge in [0.05, 0.1) is 0 Å². The van der Waals surface area contributed by atoms with E-state index in [2.05, 4.69) is 37.9 Å². The van der Waals surface area contributed by atoms with Crippen molar-refractivity contribution in [2.24, 2.45) is 5.92 Å². The van der Waals surface area contributed by atoms with Gasteiger partial charge in [-0.2, -0.15) is 0 Å². The van der Waals surface area contributed by atoms with Crippen LogP contribution < -0.4 is 5.32 Å². The number of rotatable bonds is 7. The van der Waals surface area contributed by atoms with Crippen molar-refractivity contribution in [1.82, 2.24) is 10.2 Å². The Morgan fingerprint density at radius 1 is 1.31 bits per heavy atom. The van der Waals surface area contributed by atoms with Crippen LogP contribution in [0.4, 0.5) is 0 Å². The Labute approximate surface area is 102 Å². The molecule has 1 heterocycles. The molecule has 16 heavy (non-hydrogen) atoms. The van der Waals surface area contributed by atoms with Crippen LogP contribution in [-0.4, -0.2) is 36.6 Å². The minimum absolute atomic E-state index is 0.725. The maximum Gasteiger partial charge on any atom is 0.00644 e. The van der Waals surface area contributed by atoms with Crippen LogP contribution in [-0.2, 0) is 0 Å². The van der Waals surface area contributed by atoms with E-state index in [4.69, 9.17) is 0 Å². The Morgan fingerprint density at radius 2 is 2.06 bits per heavy atom. The Balaban J connectivity index is 2.18. The number of hydrogen-bond acceptors (Lipinski definition) is 2. The Hall–Kier alpha value is -0.0800. The Bertz CT molecular complexity index is 180. The smallest absolute Gasteiger partial charge is 0.00644 e. The highest BCUT2D eigenvalue weighted by molar-refractivity contribution is 4.80. The summed E-state index contributed by atoms with van der Waals surface area (Å²) in [5.41, 5.74) is 0. The maximum atomic E-state index is 3.75. The van der Waals surface area contributed by atoms with Gasteiger partial charge in [-0.05, 0) is 52.1 Å². The molecule has 0 aromatic carbocycles. The van der Waals surface area contributed by atoms with E-state index >= 15 is 0 Å². The highest BCUT2D eigenvalue weighted by atomic mass is 15.2. The molecule has 1 fully saturated rings. The van der Waals surface area contributed by atoms with Crippen LogP contribution in [0, 0.1) is 5.92 Å². The summed E-state index contributed by atoms with van der Waals surface area (Å²) in [6.07, 6.45) is 5.29. The molecule has 2 nitrogen and oxygen atoms in total. The van der Waals surface area contributed by atoms with Crippen LogP contribution in [0.5, 0.6) is 0 Å². The third-order valence-corrected chi connectivity index (χ3v) is 3.87. The van der Waals surface area contributed by atoms with Crippen LogP contribution in [0.3, 0.4) is 0 Å². The Morgan fingerprint density at radius 3 is 2.56 bits per heavy atom. The van der Waals surface area contributed by atoms with Gasteiger partial charge in [-0.1, -0.05) is 20.3 Å². The normalized spacial score (nSPS) is 24.2. The first-order valence-electron chi connectivity index (χ1n) is 7.14. The topological polar surface area (TPSA) is 15.3 Å². The van der Waals surface area contributed by atoms with Gasteiger partial charge >= 0.3 is 0 Å². The second kappa shape index (κ2) is 7.29. The predicted molar refractivity (Wildman–Crippen MR) is 71.8 cm³/mol. The number of hydrogen-bond donors (Lipinski definition) is 1. The summed E-state index contributed by atoms with van der Waals surface area (Å²) in [7, 11) is 0. The van der Waals surface area contributed by atoms with Gasteiger partial charge in [0.15, 0.2) is 0 Å². The largest absolute Gasteiger partial charge is 0.314 e. The molecule has 2 atom stereocenters. The van der Waals surface area contributed by atoms with Crippen molar-refractivity contribution < 1.29 is 0 Å². The molecule has 2 unspecified atom stereocenters. The van der Waals surface area contributed by atoms with Gasteiger partial charge in [0.2, 0.25) is 0 Å². The molecule has 96 valence electrons. The molecule has 0 radical (unpaired) electrons. The zero-order chi connectivity index (χ0) is 12.0. The number of nitrogens with zero attached hydrogens (tertiary/aromatic N) is 1. The quantitative estimate of drug-likeness (QED) is 0.718. The summed E-state index contributed by atoms with van der Waals surface area (Å²) in [6.45, 7) is 13.0. The predicted octanol–water partition coefficient (Wildman–Crippen LogP) is 2.89. The average molecular weight is 226 g/mol. The van der Waals surface area contributed by atoms with Crippen molar-refractivity contribution in [3.05, 3.63) is 0 Å². The zero-order valence-electron chi connectivity index (χ0n) is 11.6. The van der Waals surface area contributed by atoms with Gasteiger partial charge < -0.3 is 10.2 Å². The fourth-order valence-electron chi connectivity index (χ4n) is 2.63. The number of likely N-dealkylation sites (tertiary alicyclic amines) is 1. The minimum Gasteiger partial charge on any atom is -0.314 e. The maximum absolute atomic E-state index is 3.75. The monoisotopic (exact) mass is 226 g/mol. The van der Waals surface area contributed by atoms with E-state index in [0.717, 1.165) is 18.0 Å². The molecular weight excluding hydrogens is 196 g/mol. The lowest BCUT2D eigenvalue weighted by molar-refractivity contribution is 0.262. The fraction of sp³-hybridized carbons (Fsp3) is 1.00. The molecule has 1 N–H and O–H groups in total. The van der Waals surface area contributed by atoms with Gasteiger partial charge in [-0.25, -0.2) is 0 Å². The van der Waals surface area contributed by atoms with Gasteiger partial charge in [0.1, 0.15) is 0 Å². The van der Waals surface area contributed by atoms with Crippen molar-refractivity contribution in [2.75, 3.05) is 19.6 Å². The van der Waals surface area contributed by atoms with Crippen LogP contribution in [0.2, 0.25) is 0 Å². The standard InChI is InChI=1S/C14H30N2/c1-5-7-14(6-2)15-10-13-8-9-16(11-13)12(3)4/h12-15H,5-11H2,1-4H3. The highest BCUT2D eigenvalue weighted by Crippen LogP contribution is 2.18. The summed E-state index contributed by atoms with van der Waals surface area (Å²) < 4.78 is 0. The van der Waals surface area contributed by atoms with Gasteiger partial charge in [0, 0.05) is 18.6 Å². The van der Waals surface area contributed by atoms with Crippen molar-refractivity contribution in [1.29, 1.82) is 0 Å². The molecule has 2 heteroatoms. The molecular formula is C14H30N2. The van der Waals surface area contributed by atoms with Gasteiger partial charge in [0.25, 0.3) is 0 Å². The van der Waals surface area contributed by atoms with Crippen molar-refractivity contribution in [2.45, 2.75) is 65.5 Å². The van der Waals surface area contributed by atoms with E-state index in [-0.39, 0.29) is 0 Å². The molecule has 0 aromatic heterocycles. The molecule has 0 aliphatic carbocycles. The average Bonchev–Trinajstić information content (AvgIpc) is 2.73. The van der Waals surface area contributed by atoms with E-state index in [1.54, 1.807) is 0 Å². The van der Waals surface area contributed by atoms with Crippen LogP contribution in [0.1, 0.15) is 53.4 Å². The lowest BCUT2D eigenvalue weighted by Gasteiger charge is -2.22. The van der Waals surface area contributed by atoms with Crippen LogP contribution in [0.15, 0.2) is 0 Å². The van der Waals surface area contributed by atoms with Crippen LogP contribution in [0.25, 0.3) is 0 Å². The lowest BCUT2D eigenvalue weighted by atomic mass is 10.1. The van der Waals surface area contributed by atoms with Crippen molar-refractivity contribution in [3.63, 3.8) is 0 Å². The second-order valence-corrected chi connectivity index (χ2v) is 5.55. The van der Waals surface area contributed by atoms with Crippen LogP contribution >= 0.6 is 0 Å². The SMILES string of the molecule is CCCC(CC)NCC1CCN(C(C)C)C1. The second-order valence-electron chi connectivity index (χ2n) is 5.55. The summed E-state index contributed by atoms with van der Waals surface area (Å²) in [5.74, 6) is 0.883. The molecule has 0 amide bonds. The lowest BCUT2D eigenvalue weighted by Crippen LogP contribution is -2.35. The number of nitrogens with one attached hydrogen (secondary N) is 1. The summed E-state index contributed by atoms with van der Waals surface area (Å²) in [5, 5.41) is 3.75. The van der Waals surface area contributed by atoms with E-state index in [9.17, 15) is 0 Å². The minimum atomic E-state index is 0.725. The van der Waals surface area contributed by atoms with Gasteiger partial charge in [-0.15, -0.1) is 0 Å². The van der Waals surface area contributed by atoms with E-state index in [1.807, 2.05) is 0 Å². The molecule has 1 rings (SSSR count). The summed E-state index contributed by atoms with van der Waals surface area (Å²) >= 11 is 0. The first-order chi connectivity index (χ1) is 7.67. The fourth-order valence-corrected chi connectivity index (χ4v) is 2.63.